The molecule has 0 aliphatic carbocycles. The molecule has 14 atom stereocenters. The number of nitrogens with one attached hydrogen (secondary N) is 1. The van der Waals surface area contributed by atoms with Crippen molar-refractivity contribution in [3.63, 3.8) is 0 Å². The summed E-state index contributed by atoms with van der Waals surface area (Å²) >= 11 is 0. The predicted molar refractivity (Wildman–Crippen MR) is 198 cm³/mol. The van der Waals surface area contributed by atoms with Gasteiger partial charge in [0.15, 0.2) is 18.7 Å². The van der Waals surface area contributed by atoms with Crippen LogP contribution in [0.5, 0.6) is 0 Å². The van der Waals surface area contributed by atoms with Gasteiger partial charge in [0.2, 0.25) is 5.91 Å². The number of unbranched alkanes of at least 4 members (excludes halogenated alkanes) is 4. The van der Waals surface area contributed by atoms with Crippen LogP contribution in [0, 0.1) is 5.92 Å². The zero-order chi connectivity index (χ0) is 43.7. The van der Waals surface area contributed by atoms with Crippen molar-refractivity contribution < 1.29 is 109 Å². The maximum absolute atomic E-state index is 12.4. The van der Waals surface area contributed by atoms with Gasteiger partial charge in [0.1, 0.15) is 76.2 Å². The molecule has 59 heavy (non-hydrogen) atoms. The van der Waals surface area contributed by atoms with E-state index in [0.717, 1.165) is 7.11 Å². The van der Waals surface area contributed by atoms with Crippen LogP contribution in [0.1, 0.15) is 52.4 Å². The number of carbonyl (C=O) groups excluding carboxylic acids is 2. The van der Waals surface area contributed by atoms with Crippen LogP contribution in [0.3, 0.4) is 0 Å². The fraction of sp³-hybridized carbons (Fsp3) is 0.938. The summed E-state index contributed by atoms with van der Waals surface area (Å²) in [4.78, 5) is 22.6. The molecule has 0 bridgehead atoms. The zero-order valence-corrected chi connectivity index (χ0v) is 35.8. The SMILES string of the molecule is COC(=O)OCCO[P+](=O)OC(CO[P+](=O)OCCCCCOC1OC(CO)C(O)C(O)C1C)CO[P+](=O)OCCCCCOC1OC(CO)C(O)C(O)C1NC(C)=O. The highest BCUT2D eigenvalue weighted by molar-refractivity contribution is 7.33. The largest absolute Gasteiger partial charge is 0.697 e. The van der Waals surface area contributed by atoms with E-state index in [2.05, 4.69) is 14.8 Å². The maximum Gasteiger partial charge on any atom is 0.697 e. The first-order valence-corrected chi connectivity index (χ1v) is 22.2. The molecule has 2 heterocycles. The lowest BCUT2D eigenvalue weighted by molar-refractivity contribution is -0.282. The van der Waals surface area contributed by atoms with E-state index in [1.165, 1.54) is 6.92 Å². The molecular weight excluding hydrogens is 859 g/mol. The summed E-state index contributed by atoms with van der Waals surface area (Å²) in [5.41, 5.74) is 0. The number of aliphatic hydroxyl groups is 6. The molecule has 2 aliphatic rings. The maximum atomic E-state index is 12.4. The van der Waals surface area contributed by atoms with E-state index < -0.39 is 131 Å². The van der Waals surface area contributed by atoms with Crippen LogP contribution in [0.25, 0.3) is 0 Å². The van der Waals surface area contributed by atoms with E-state index in [9.17, 15) is 53.9 Å². The average molecular weight is 919 g/mol. The number of hydrogen-bond donors (Lipinski definition) is 7. The minimum absolute atomic E-state index is 0.00250. The van der Waals surface area contributed by atoms with Crippen LogP contribution in [0.15, 0.2) is 0 Å². The molecule has 0 saturated carbocycles. The summed E-state index contributed by atoms with van der Waals surface area (Å²) in [5, 5.41) is 61.8. The van der Waals surface area contributed by atoms with E-state index in [4.69, 9.17) is 46.1 Å². The summed E-state index contributed by atoms with van der Waals surface area (Å²) in [6.45, 7) is 0.596. The molecular formula is C32H59NO23P3+3. The van der Waals surface area contributed by atoms with Gasteiger partial charge in [0.05, 0.1) is 26.4 Å². The Balaban J connectivity index is 1.70. The average Bonchev–Trinajstić information content (AvgIpc) is 3.21. The molecule has 0 spiro atoms. The second-order valence-corrected chi connectivity index (χ2v) is 16.0. The molecule has 342 valence electrons. The van der Waals surface area contributed by atoms with Gasteiger partial charge in [-0.2, -0.15) is 0 Å². The molecule has 27 heteroatoms. The zero-order valence-electron chi connectivity index (χ0n) is 33.1. The number of rotatable bonds is 31. The molecule has 0 aromatic heterocycles. The van der Waals surface area contributed by atoms with Crippen LogP contribution in [-0.4, -0.2) is 177 Å². The van der Waals surface area contributed by atoms with Crippen molar-refractivity contribution in [2.45, 2.75) is 114 Å². The Labute approximate surface area is 344 Å². The summed E-state index contributed by atoms with van der Waals surface area (Å²) in [6, 6.07) is -1.07. The van der Waals surface area contributed by atoms with Crippen LogP contribution >= 0.6 is 24.8 Å². The van der Waals surface area contributed by atoms with Crippen LogP contribution in [0.4, 0.5) is 4.79 Å². The van der Waals surface area contributed by atoms with Gasteiger partial charge in [-0.1, -0.05) is 6.92 Å². The molecule has 1 amide bonds. The van der Waals surface area contributed by atoms with E-state index in [1.54, 1.807) is 6.92 Å². The Bertz CT molecular complexity index is 1260. The number of carbonyl (C=O) groups is 2. The molecule has 0 aromatic rings. The number of hydrogen-bond acceptors (Lipinski definition) is 23. The van der Waals surface area contributed by atoms with Gasteiger partial charge < -0.3 is 64.4 Å². The number of ether oxygens (including phenoxy) is 6. The van der Waals surface area contributed by atoms with E-state index in [1.807, 2.05) is 0 Å². The van der Waals surface area contributed by atoms with Gasteiger partial charge in [-0.05, 0) is 38.5 Å². The van der Waals surface area contributed by atoms with Crippen molar-refractivity contribution in [1.29, 1.82) is 0 Å². The third-order valence-corrected chi connectivity index (χ3v) is 11.0. The predicted octanol–water partition coefficient (Wildman–Crippen LogP) is 0.602. The van der Waals surface area contributed by atoms with Crippen molar-refractivity contribution in [3.05, 3.63) is 0 Å². The summed E-state index contributed by atoms with van der Waals surface area (Å²) < 4.78 is 99.3. The lowest BCUT2D eigenvalue weighted by Crippen LogP contribution is -2.64. The first-order valence-electron chi connectivity index (χ1n) is 18.9. The molecule has 2 rings (SSSR count). The second-order valence-electron chi connectivity index (χ2n) is 13.2. The van der Waals surface area contributed by atoms with E-state index in [-0.39, 0.29) is 39.6 Å². The van der Waals surface area contributed by atoms with Gasteiger partial charge >= 0.3 is 30.9 Å². The van der Waals surface area contributed by atoms with Gasteiger partial charge in [0.25, 0.3) is 0 Å². The smallest absolute Gasteiger partial charge is 0.438 e. The first kappa shape index (κ1) is 53.5. The highest BCUT2D eigenvalue weighted by Crippen LogP contribution is 2.32. The molecule has 24 nitrogen and oxygen atoms in total. The van der Waals surface area contributed by atoms with Crippen molar-refractivity contribution in [1.82, 2.24) is 5.32 Å². The summed E-state index contributed by atoms with van der Waals surface area (Å²) in [7, 11) is -7.12. The Kier molecular flexibility index (Phi) is 27.6. The normalized spacial score (nSPS) is 28.4. The van der Waals surface area contributed by atoms with Crippen molar-refractivity contribution in [2.75, 3.05) is 73.2 Å². The molecule has 14 unspecified atom stereocenters. The third-order valence-electron chi connectivity index (χ3n) is 8.61. The fourth-order valence-corrected chi connectivity index (χ4v) is 7.31. The highest BCUT2D eigenvalue weighted by atomic mass is 31.1. The fourth-order valence-electron chi connectivity index (χ4n) is 5.38. The van der Waals surface area contributed by atoms with Gasteiger partial charge in [0, 0.05) is 39.8 Å². The lowest BCUT2D eigenvalue weighted by Gasteiger charge is -2.42. The lowest BCUT2D eigenvalue weighted by atomic mass is 9.92. The minimum Gasteiger partial charge on any atom is -0.438 e. The Hall–Kier alpha value is -1.60. The molecule has 0 radical (unpaired) electrons. The highest BCUT2D eigenvalue weighted by Gasteiger charge is 2.45. The van der Waals surface area contributed by atoms with Crippen molar-refractivity contribution in [3.8, 4) is 0 Å². The number of aliphatic hydroxyl groups excluding tert-OH is 6. The quantitative estimate of drug-likeness (QED) is 0.0284. The number of amides is 1. The topological polar surface area (TPSA) is 330 Å². The van der Waals surface area contributed by atoms with Gasteiger partial charge in [-0.3, -0.25) is 4.79 Å². The molecule has 2 saturated heterocycles. The third kappa shape index (κ3) is 20.9. The van der Waals surface area contributed by atoms with Gasteiger partial charge in [-0.25, -0.2) is 4.79 Å². The standard InChI is InChI=1S/C32H58NO23P3/c1-20-26(37)27(38)23(16-34)54-30(20)46-10-6-4-8-12-49-57(42)52-18-22(56-59(44)51-15-14-48-32(41)45-3)19-53-58(43)50-13-9-5-7-11-47-31-25(33-21(2)36)29(40)28(39)24(17-35)55-31/h20,22-31,34-35,37-40H,4-19H2,1-3H3/q+2/p+1. The second kappa shape index (κ2) is 30.4. The minimum atomic E-state index is -2.85. The molecule has 2 fully saturated rings. The van der Waals surface area contributed by atoms with E-state index >= 15 is 0 Å². The Morgan fingerprint density at radius 2 is 1.14 bits per heavy atom. The first-order chi connectivity index (χ1) is 28.2. The van der Waals surface area contributed by atoms with Crippen molar-refractivity contribution in [2.24, 2.45) is 5.92 Å². The van der Waals surface area contributed by atoms with Crippen LogP contribution in [0.2, 0.25) is 0 Å². The Morgan fingerprint density at radius 1 is 0.644 bits per heavy atom. The molecule has 7 N–H and O–H groups in total. The molecule has 0 aromatic carbocycles. The monoisotopic (exact) mass is 918 g/mol. The van der Waals surface area contributed by atoms with Crippen molar-refractivity contribution >= 4 is 36.8 Å². The Morgan fingerprint density at radius 3 is 1.66 bits per heavy atom. The van der Waals surface area contributed by atoms with Crippen LogP contribution in [-0.2, 0) is 74.1 Å². The van der Waals surface area contributed by atoms with Crippen LogP contribution < -0.4 is 5.32 Å². The van der Waals surface area contributed by atoms with E-state index in [0.29, 0.717) is 38.5 Å². The molecule has 2 aliphatic heterocycles. The van der Waals surface area contributed by atoms with Gasteiger partial charge in [-0.15, -0.1) is 27.1 Å². The summed E-state index contributed by atoms with van der Waals surface area (Å²) in [5.74, 6) is -1.01. The number of methoxy groups -OCH3 is 1. The summed E-state index contributed by atoms with van der Waals surface area (Å²) in [6.07, 6.45) is -8.46.